The van der Waals surface area contributed by atoms with Crippen molar-refractivity contribution in [2.24, 2.45) is 0 Å². The van der Waals surface area contributed by atoms with Crippen LogP contribution in [0.3, 0.4) is 0 Å². The SMILES string of the molecule is COc1c(-c2cc3c(s2)CCCC3NCc2cccc(P)c2)ccc2c(=O)c(C=O)cn(C3CC3)c12. The molecule has 36 heavy (non-hydrogen) atoms. The number of aromatic nitrogens is 1. The molecule has 2 unspecified atom stereocenters. The molecule has 4 aromatic rings. The Morgan fingerprint density at radius 2 is 2.06 bits per heavy atom. The first-order valence-electron chi connectivity index (χ1n) is 12.5. The molecular weight excluding hydrogens is 487 g/mol. The number of fused-ring (bicyclic) bond motifs is 2. The third-order valence-electron chi connectivity index (χ3n) is 7.33. The molecule has 0 bridgehead atoms. The minimum Gasteiger partial charge on any atom is -0.494 e. The Bertz CT molecular complexity index is 1540. The van der Waals surface area contributed by atoms with Crippen molar-refractivity contribution >= 4 is 43.1 Å². The molecule has 5 nitrogen and oxygen atoms in total. The van der Waals surface area contributed by atoms with Crippen molar-refractivity contribution in [1.82, 2.24) is 9.88 Å². The summed E-state index contributed by atoms with van der Waals surface area (Å²) < 4.78 is 8.06. The number of nitrogens with one attached hydrogen (secondary N) is 1. The van der Waals surface area contributed by atoms with Crippen molar-refractivity contribution in [2.45, 2.75) is 50.7 Å². The van der Waals surface area contributed by atoms with Crippen molar-refractivity contribution in [1.29, 1.82) is 0 Å². The van der Waals surface area contributed by atoms with E-state index in [1.54, 1.807) is 13.3 Å². The summed E-state index contributed by atoms with van der Waals surface area (Å²) in [6.45, 7) is 0.837. The average Bonchev–Trinajstić information content (AvgIpc) is 3.64. The van der Waals surface area contributed by atoms with Crippen molar-refractivity contribution < 1.29 is 9.53 Å². The van der Waals surface area contributed by atoms with Crippen LogP contribution in [0.2, 0.25) is 0 Å². The molecule has 1 fully saturated rings. The Labute approximate surface area is 216 Å². The summed E-state index contributed by atoms with van der Waals surface area (Å²) in [6, 6.07) is 15.3. The summed E-state index contributed by atoms with van der Waals surface area (Å²) in [5.41, 5.74) is 4.44. The molecule has 2 heterocycles. The number of benzene rings is 2. The monoisotopic (exact) mass is 516 g/mol. The molecule has 2 aromatic heterocycles. The number of carbonyl (C=O) groups is 1. The molecule has 1 saturated carbocycles. The largest absolute Gasteiger partial charge is 0.494 e. The molecule has 6 rings (SSSR count). The number of carbonyl (C=O) groups excluding carboxylic acids is 1. The van der Waals surface area contributed by atoms with Gasteiger partial charge in [0.1, 0.15) is 0 Å². The first kappa shape index (κ1) is 23.6. The van der Waals surface area contributed by atoms with E-state index in [0.717, 1.165) is 48.2 Å². The van der Waals surface area contributed by atoms with Gasteiger partial charge >= 0.3 is 0 Å². The van der Waals surface area contributed by atoms with Crippen LogP contribution in [-0.2, 0) is 13.0 Å². The van der Waals surface area contributed by atoms with Gasteiger partial charge in [-0.05, 0) is 66.7 Å². The summed E-state index contributed by atoms with van der Waals surface area (Å²) in [7, 11) is 4.44. The molecule has 2 aliphatic carbocycles. The van der Waals surface area contributed by atoms with Gasteiger partial charge in [0.2, 0.25) is 0 Å². The summed E-state index contributed by atoms with van der Waals surface area (Å²) in [6.07, 6.45) is 7.84. The predicted octanol–water partition coefficient (Wildman–Crippen LogP) is 5.55. The lowest BCUT2D eigenvalue weighted by Gasteiger charge is -2.24. The van der Waals surface area contributed by atoms with Gasteiger partial charge in [-0.1, -0.05) is 24.3 Å². The van der Waals surface area contributed by atoms with Crippen LogP contribution in [0.1, 0.15) is 64.1 Å². The molecule has 1 N–H and O–H groups in total. The standard InChI is InChI=1S/C29H29N2O3PS/c1-34-29-21(10-11-22-27(29)31(19-8-9-19)15-18(16-32)28(22)33)26-13-23-24(6-3-7-25(23)36-26)30-14-17-4-2-5-20(35)12-17/h2,4-5,10-13,15-16,19,24,30H,3,6-9,14,35H2,1H3. The molecule has 184 valence electrons. The lowest BCUT2D eigenvalue weighted by atomic mass is 9.93. The molecule has 2 aliphatic rings. The summed E-state index contributed by atoms with van der Waals surface area (Å²) in [5, 5.41) is 5.53. The van der Waals surface area contributed by atoms with Crippen LogP contribution in [0.5, 0.6) is 5.75 Å². The topological polar surface area (TPSA) is 60.3 Å². The zero-order valence-corrected chi connectivity index (χ0v) is 22.2. The van der Waals surface area contributed by atoms with Gasteiger partial charge in [-0.25, -0.2) is 0 Å². The highest BCUT2D eigenvalue weighted by Crippen LogP contribution is 2.46. The Morgan fingerprint density at radius 3 is 2.81 bits per heavy atom. The first-order valence-corrected chi connectivity index (χ1v) is 13.9. The van der Waals surface area contributed by atoms with E-state index in [2.05, 4.69) is 49.5 Å². The first-order chi connectivity index (χ1) is 17.6. The van der Waals surface area contributed by atoms with Crippen LogP contribution < -0.4 is 20.8 Å². The van der Waals surface area contributed by atoms with Gasteiger partial charge in [-0.3, -0.25) is 9.59 Å². The molecule has 0 saturated heterocycles. The van der Waals surface area contributed by atoms with Crippen LogP contribution in [0.4, 0.5) is 0 Å². The van der Waals surface area contributed by atoms with E-state index in [9.17, 15) is 9.59 Å². The van der Waals surface area contributed by atoms with Gasteiger partial charge in [-0.15, -0.1) is 20.6 Å². The molecule has 0 spiro atoms. The van der Waals surface area contributed by atoms with Gasteiger partial charge in [-0.2, -0.15) is 0 Å². The minimum absolute atomic E-state index is 0.205. The molecular formula is C29H29N2O3PS. The van der Waals surface area contributed by atoms with Gasteiger partial charge < -0.3 is 14.6 Å². The second kappa shape index (κ2) is 9.59. The molecule has 7 heteroatoms. The number of aldehydes is 1. The van der Waals surface area contributed by atoms with Gasteiger partial charge in [0, 0.05) is 40.1 Å². The maximum Gasteiger partial charge on any atom is 0.200 e. The Morgan fingerprint density at radius 1 is 1.19 bits per heavy atom. The maximum atomic E-state index is 13.0. The fourth-order valence-electron chi connectivity index (χ4n) is 5.41. The van der Waals surface area contributed by atoms with Crippen LogP contribution in [0.15, 0.2) is 53.5 Å². The highest BCUT2D eigenvalue weighted by atomic mass is 32.1. The van der Waals surface area contributed by atoms with Crippen molar-refractivity contribution in [2.75, 3.05) is 7.11 Å². The number of pyridine rings is 1. The van der Waals surface area contributed by atoms with Crippen LogP contribution in [0.25, 0.3) is 21.3 Å². The van der Waals surface area contributed by atoms with Crippen molar-refractivity contribution in [3.05, 3.63) is 80.5 Å². The van der Waals surface area contributed by atoms with Crippen molar-refractivity contribution in [3.8, 4) is 16.2 Å². The third kappa shape index (κ3) is 4.21. The van der Waals surface area contributed by atoms with Crippen LogP contribution in [0, 0.1) is 0 Å². The van der Waals surface area contributed by atoms with E-state index in [1.165, 1.54) is 27.7 Å². The average molecular weight is 517 g/mol. The number of thiophene rings is 1. The zero-order valence-electron chi connectivity index (χ0n) is 20.3. The summed E-state index contributed by atoms with van der Waals surface area (Å²) >= 11 is 1.83. The number of hydrogen-bond acceptors (Lipinski definition) is 5. The number of nitrogens with zero attached hydrogens (tertiary/aromatic N) is 1. The van der Waals surface area contributed by atoms with Crippen molar-refractivity contribution in [3.63, 3.8) is 0 Å². The lowest BCUT2D eigenvalue weighted by Crippen LogP contribution is -2.24. The number of rotatable bonds is 7. The second-order valence-electron chi connectivity index (χ2n) is 9.77. The Balaban J connectivity index is 1.40. The molecule has 2 aromatic carbocycles. The summed E-state index contributed by atoms with van der Waals surface area (Å²) in [5.74, 6) is 0.717. The zero-order chi connectivity index (χ0) is 24.8. The maximum absolute atomic E-state index is 13.0. The smallest absolute Gasteiger partial charge is 0.200 e. The van der Waals surface area contributed by atoms with E-state index in [-0.39, 0.29) is 11.0 Å². The predicted molar refractivity (Wildman–Crippen MR) is 150 cm³/mol. The molecule has 0 aliphatic heterocycles. The van der Waals surface area contributed by atoms with E-state index < -0.39 is 0 Å². The van der Waals surface area contributed by atoms with Crippen LogP contribution >= 0.6 is 20.6 Å². The number of ether oxygens (including phenoxy) is 1. The number of hydrogen-bond donors (Lipinski definition) is 1. The van der Waals surface area contributed by atoms with E-state index in [0.29, 0.717) is 29.5 Å². The third-order valence-corrected chi connectivity index (χ3v) is 8.93. The quantitative estimate of drug-likeness (QED) is 0.258. The molecule has 0 radical (unpaired) electrons. The normalized spacial score (nSPS) is 17.2. The highest BCUT2D eigenvalue weighted by molar-refractivity contribution is 7.27. The van der Waals surface area contributed by atoms with E-state index in [4.69, 9.17) is 4.74 Å². The molecule has 0 amide bonds. The van der Waals surface area contributed by atoms with Crippen LogP contribution in [-0.4, -0.2) is 18.0 Å². The number of methoxy groups -OCH3 is 1. The second-order valence-corrected chi connectivity index (χ2v) is 11.6. The Kier molecular flexibility index (Phi) is 6.28. The molecule has 2 atom stereocenters. The van der Waals surface area contributed by atoms with E-state index in [1.807, 2.05) is 23.5 Å². The fourth-order valence-corrected chi connectivity index (χ4v) is 7.02. The van der Waals surface area contributed by atoms with Gasteiger partial charge in [0.15, 0.2) is 17.5 Å². The Hall–Kier alpha value is -2.79. The summed E-state index contributed by atoms with van der Waals surface area (Å²) in [4.78, 5) is 27.1. The number of aryl methyl sites for hydroxylation is 1. The minimum atomic E-state index is -0.231. The fraction of sp³-hybridized carbons (Fsp3) is 0.310. The lowest BCUT2D eigenvalue weighted by molar-refractivity contribution is 0.112. The highest BCUT2D eigenvalue weighted by Gasteiger charge is 2.29. The van der Waals surface area contributed by atoms with Gasteiger partial charge in [0.05, 0.1) is 23.6 Å². The van der Waals surface area contributed by atoms with Gasteiger partial charge in [0.25, 0.3) is 0 Å². The van der Waals surface area contributed by atoms with E-state index >= 15 is 0 Å².